The van der Waals surface area contributed by atoms with Gasteiger partial charge in [-0.2, -0.15) is 0 Å². The van der Waals surface area contributed by atoms with Crippen molar-refractivity contribution in [3.8, 4) is 0 Å². The molecule has 0 aromatic heterocycles. The number of esters is 2. The molecule has 0 unspecified atom stereocenters. The topological polar surface area (TPSA) is 81.7 Å². The van der Waals surface area contributed by atoms with Gasteiger partial charge >= 0.3 is 11.9 Å². The molecule has 130 valence electrons. The van der Waals surface area contributed by atoms with Crippen LogP contribution in [0, 0.1) is 5.82 Å². The first-order chi connectivity index (χ1) is 11.9. The van der Waals surface area contributed by atoms with Gasteiger partial charge < -0.3 is 14.8 Å². The Hall–Kier alpha value is -2.93. The van der Waals surface area contributed by atoms with Crippen molar-refractivity contribution in [2.75, 3.05) is 19.0 Å². The van der Waals surface area contributed by atoms with Crippen LogP contribution in [0.4, 0.5) is 10.1 Å². The zero-order valence-corrected chi connectivity index (χ0v) is 13.8. The van der Waals surface area contributed by atoms with Crippen LogP contribution >= 0.6 is 11.6 Å². The molecule has 2 aromatic rings. The second kappa shape index (κ2) is 8.25. The molecule has 8 heteroatoms. The number of nitrogens with one attached hydrogen (secondary N) is 1. The van der Waals surface area contributed by atoms with Crippen LogP contribution < -0.4 is 5.32 Å². The number of amides is 1. The van der Waals surface area contributed by atoms with Crippen molar-refractivity contribution in [1.82, 2.24) is 0 Å². The number of carbonyl (C=O) groups excluding carboxylic acids is 3. The maximum atomic E-state index is 13.2. The molecule has 0 radical (unpaired) electrons. The van der Waals surface area contributed by atoms with Gasteiger partial charge in [-0.05, 0) is 30.3 Å². The Bertz CT molecular complexity index is 824. The maximum absolute atomic E-state index is 13.2. The summed E-state index contributed by atoms with van der Waals surface area (Å²) in [4.78, 5) is 35.4. The minimum absolute atomic E-state index is 0.00263. The number of hydrogen-bond acceptors (Lipinski definition) is 5. The van der Waals surface area contributed by atoms with E-state index < -0.39 is 30.3 Å². The number of rotatable bonds is 5. The van der Waals surface area contributed by atoms with Crippen LogP contribution in [0.15, 0.2) is 42.5 Å². The van der Waals surface area contributed by atoms with Gasteiger partial charge in [0.05, 0.1) is 28.9 Å². The number of hydrogen-bond donors (Lipinski definition) is 1. The van der Waals surface area contributed by atoms with E-state index in [-0.39, 0.29) is 21.8 Å². The van der Waals surface area contributed by atoms with E-state index in [0.29, 0.717) is 0 Å². The molecular weight excluding hydrogens is 353 g/mol. The molecule has 0 aliphatic heterocycles. The highest BCUT2D eigenvalue weighted by molar-refractivity contribution is 6.33. The summed E-state index contributed by atoms with van der Waals surface area (Å²) < 4.78 is 22.6. The van der Waals surface area contributed by atoms with Crippen molar-refractivity contribution in [1.29, 1.82) is 0 Å². The summed E-state index contributed by atoms with van der Waals surface area (Å²) in [6.45, 7) is -0.638. The fourth-order valence-corrected chi connectivity index (χ4v) is 2.12. The van der Waals surface area contributed by atoms with Crippen molar-refractivity contribution in [3.05, 3.63) is 64.4 Å². The smallest absolute Gasteiger partial charge is 0.340 e. The maximum Gasteiger partial charge on any atom is 0.340 e. The molecule has 0 spiro atoms. The summed E-state index contributed by atoms with van der Waals surface area (Å²) in [5.41, 5.74) is 0.168. The normalized spacial score (nSPS) is 10.0. The predicted octanol–water partition coefficient (Wildman–Crippen LogP) is 3.06. The van der Waals surface area contributed by atoms with Crippen molar-refractivity contribution in [2.24, 2.45) is 0 Å². The second-order valence-corrected chi connectivity index (χ2v) is 5.19. The molecule has 2 rings (SSSR count). The Kier molecular flexibility index (Phi) is 6.08. The number of methoxy groups -OCH3 is 1. The Morgan fingerprint density at radius 3 is 2.52 bits per heavy atom. The minimum Gasteiger partial charge on any atom is -0.465 e. The molecule has 0 aliphatic carbocycles. The van der Waals surface area contributed by atoms with Crippen LogP contribution in [0.25, 0.3) is 0 Å². The van der Waals surface area contributed by atoms with Crippen LogP contribution in [0.1, 0.15) is 20.7 Å². The summed E-state index contributed by atoms with van der Waals surface area (Å²) in [7, 11) is 1.21. The average Bonchev–Trinajstić information content (AvgIpc) is 2.61. The Morgan fingerprint density at radius 1 is 1.08 bits per heavy atom. The lowest BCUT2D eigenvalue weighted by Gasteiger charge is -2.10. The van der Waals surface area contributed by atoms with E-state index in [4.69, 9.17) is 16.3 Å². The lowest BCUT2D eigenvalue weighted by molar-refractivity contribution is -0.119. The molecule has 1 N–H and O–H groups in total. The average molecular weight is 366 g/mol. The first kappa shape index (κ1) is 18.4. The summed E-state index contributed by atoms with van der Waals surface area (Å²) in [6.07, 6.45) is 0. The minimum atomic E-state index is -0.944. The molecule has 0 heterocycles. The van der Waals surface area contributed by atoms with Gasteiger partial charge in [-0.25, -0.2) is 14.0 Å². The SMILES string of the molecule is COC(=O)c1ccccc1NC(=O)COC(=O)c1cc(F)ccc1Cl. The van der Waals surface area contributed by atoms with Crippen LogP contribution in [-0.4, -0.2) is 31.6 Å². The standard InChI is InChI=1S/C17H13ClFNO5/c1-24-16(22)11-4-2-3-5-14(11)20-15(21)9-25-17(23)12-8-10(19)6-7-13(12)18/h2-8H,9H2,1H3,(H,20,21). The van der Waals surface area contributed by atoms with Crippen molar-refractivity contribution < 1.29 is 28.2 Å². The molecule has 2 aromatic carbocycles. The largest absolute Gasteiger partial charge is 0.465 e. The summed E-state index contributed by atoms with van der Waals surface area (Å²) >= 11 is 5.79. The number of carbonyl (C=O) groups is 3. The molecule has 0 fully saturated rings. The lowest BCUT2D eigenvalue weighted by Crippen LogP contribution is -2.22. The van der Waals surface area contributed by atoms with Gasteiger partial charge in [-0.15, -0.1) is 0 Å². The number of para-hydroxylation sites is 1. The van der Waals surface area contributed by atoms with Crippen LogP contribution in [-0.2, 0) is 14.3 Å². The Morgan fingerprint density at radius 2 is 1.80 bits per heavy atom. The lowest BCUT2D eigenvalue weighted by atomic mass is 10.2. The van der Waals surface area contributed by atoms with Gasteiger partial charge in [0.15, 0.2) is 6.61 Å². The molecule has 0 saturated carbocycles. The number of benzene rings is 2. The fourth-order valence-electron chi connectivity index (χ4n) is 1.93. The van der Waals surface area contributed by atoms with E-state index >= 15 is 0 Å². The van der Waals surface area contributed by atoms with Crippen LogP contribution in [0.5, 0.6) is 0 Å². The first-order valence-electron chi connectivity index (χ1n) is 7.01. The summed E-state index contributed by atoms with van der Waals surface area (Å²) in [5, 5.41) is 2.44. The summed E-state index contributed by atoms with van der Waals surface area (Å²) in [6, 6.07) is 9.40. The molecule has 0 aliphatic rings. The second-order valence-electron chi connectivity index (χ2n) is 4.79. The Labute approximate surface area is 147 Å². The molecule has 0 atom stereocenters. The predicted molar refractivity (Wildman–Crippen MR) is 88.1 cm³/mol. The van der Waals surface area contributed by atoms with E-state index in [1.54, 1.807) is 12.1 Å². The monoisotopic (exact) mass is 365 g/mol. The molecule has 1 amide bonds. The molecule has 25 heavy (non-hydrogen) atoms. The van der Waals surface area contributed by atoms with E-state index in [0.717, 1.165) is 12.1 Å². The number of anilines is 1. The number of ether oxygens (including phenoxy) is 2. The highest BCUT2D eigenvalue weighted by Crippen LogP contribution is 2.18. The molecule has 0 bridgehead atoms. The van der Waals surface area contributed by atoms with Gasteiger partial charge in [0.2, 0.25) is 0 Å². The van der Waals surface area contributed by atoms with Gasteiger partial charge in [-0.1, -0.05) is 23.7 Å². The quantitative estimate of drug-likeness (QED) is 0.823. The van der Waals surface area contributed by atoms with Gasteiger partial charge in [-0.3, -0.25) is 4.79 Å². The van der Waals surface area contributed by atoms with E-state index in [1.807, 2.05) is 0 Å². The Balaban J connectivity index is 2.01. The first-order valence-corrected chi connectivity index (χ1v) is 7.39. The van der Waals surface area contributed by atoms with Gasteiger partial charge in [0.1, 0.15) is 5.82 Å². The van der Waals surface area contributed by atoms with E-state index in [2.05, 4.69) is 10.1 Å². The van der Waals surface area contributed by atoms with Crippen LogP contribution in [0.3, 0.4) is 0 Å². The van der Waals surface area contributed by atoms with Crippen LogP contribution in [0.2, 0.25) is 5.02 Å². The highest BCUT2D eigenvalue weighted by Gasteiger charge is 2.17. The van der Waals surface area contributed by atoms with E-state index in [9.17, 15) is 18.8 Å². The zero-order chi connectivity index (χ0) is 18.4. The van der Waals surface area contributed by atoms with Gasteiger partial charge in [0, 0.05) is 0 Å². The zero-order valence-electron chi connectivity index (χ0n) is 13.0. The van der Waals surface area contributed by atoms with Gasteiger partial charge in [0.25, 0.3) is 5.91 Å². The third kappa shape index (κ3) is 4.77. The highest BCUT2D eigenvalue weighted by atomic mass is 35.5. The third-order valence-electron chi connectivity index (χ3n) is 3.09. The molecular formula is C17H13ClFNO5. The van der Waals surface area contributed by atoms with Crippen molar-refractivity contribution in [3.63, 3.8) is 0 Å². The van der Waals surface area contributed by atoms with Crippen molar-refractivity contribution in [2.45, 2.75) is 0 Å². The van der Waals surface area contributed by atoms with E-state index in [1.165, 1.54) is 25.3 Å². The summed E-state index contributed by atoms with van der Waals surface area (Å²) in [5.74, 6) is -2.91. The number of halogens is 2. The van der Waals surface area contributed by atoms with Crippen molar-refractivity contribution >= 4 is 35.1 Å². The molecule has 0 saturated heterocycles. The fraction of sp³-hybridized carbons (Fsp3) is 0.118. The third-order valence-corrected chi connectivity index (χ3v) is 3.42. The molecule has 6 nitrogen and oxygen atoms in total.